The maximum Gasteiger partial charge on any atom is 0.340 e. The molecule has 0 aliphatic carbocycles. The Morgan fingerprint density at radius 2 is 1.57 bits per heavy atom. The van der Waals surface area contributed by atoms with Crippen LogP contribution in [0.5, 0.6) is 0 Å². The van der Waals surface area contributed by atoms with Crippen LogP contribution >= 0.6 is 7.60 Å². The minimum atomic E-state index is -3.60. The molecular weight excluding hydrogens is 287 g/mol. The van der Waals surface area contributed by atoms with E-state index in [2.05, 4.69) is 0 Å². The van der Waals surface area contributed by atoms with Crippen LogP contribution in [0.4, 0.5) is 0 Å². The lowest BCUT2D eigenvalue weighted by Crippen LogP contribution is -2.14. The van der Waals surface area contributed by atoms with Crippen molar-refractivity contribution in [1.29, 1.82) is 10.5 Å². The first-order chi connectivity index (χ1) is 10.0. The van der Waals surface area contributed by atoms with E-state index >= 15 is 0 Å². The number of nitriles is 2. The van der Waals surface area contributed by atoms with Gasteiger partial charge >= 0.3 is 7.60 Å². The van der Waals surface area contributed by atoms with Gasteiger partial charge in [-0.25, -0.2) is 0 Å². The summed E-state index contributed by atoms with van der Waals surface area (Å²) < 4.78 is 23.7. The molecule has 1 unspecified atom stereocenters. The summed E-state index contributed by atoms with van der Waals surface area (Å²) >= 11 is 0. The van der Waals surface area contributed by atoms with Crippen molar-refractivity contribution in [1.82, 2.24) is 0 Å². The van der Waals surface area contributed by atoms with E-state index < -0.39 is 19.2 Å². The van der Waals surface area contributed by atoms with Gasteiger partial charge in [-0.1, -0.05) is 29.8 Å². The zero-order valence-electron chi connectivity index (χ0n) is 12.4. The highest BCUT2D eigenvalue weighted by Crippen LogP contribution is 2.63. The van der Waals surface area contributed by atoms with Crippen molar-refractivity contribution < 1.29 is 13.6 Å². The van der Waals surface area contributed by atoms with Crippen molar-refractivity contribution in [3.8, 4) is 12.1 Å². The zero-order valence-corrected chi connectivity index (χ0v) is 13.3. The van der Waals surface area contributed by atoms with Crippen LogP contribution in [0.2, 0.25) is 0 Å². The third-order valence-electron chi connectivity index (χ3n) is 2.97. The Morgan fingerprint density at radius 3 is 1.95 bits per heavy atom. The van der Waals surface area contributed by atoms with E-state index in [1.54, 1.807) is 26.0 Å². The quantitative estimate of drug-likeness (QED) is 0.712. The molecule has 0 aliphatic heterocycles. The van der Waals surface area contributed by atoms with Gasteiger partial charge in [0.05, 0.1) is 25.4 Å². The molecule has 5 nitrogen and oxygen atoms in total. The number of rotatable bonds is 7. The number of nitrogens with zero attached hydrogens (tertiary/aromatic N) is 2. The van der Waals surface area contributed by atoms with Crippen molar-refractivity contribution in [2.45, 2.75) is 26.4 Å². The number of benzene rings is 1. The molecule has 0 saturated carbocycles. The maximum absolute atomic E-state index is 13.0. The molecule has 112 valence electrons. The second kappa shape index (κ2) is 7.96. The van der Waals surface area contributed by atoms with Crippen molar-refractivity contribution in [2.24, 2.45) is 5.92 Å². The van der Waals surface area contributed by atoms with E-state index in [9.17, 15) is 15.1 Å². The van der Waals surface area contributed by atoms with Crippen LogP contribution in [0.25, 0.3) is 0 Å². The molecule has 1 atom stereocenters. The molecule has 0 aliphatic rings. The number of hydrogen-bond donors (Lipinski definition) is 0. The van der Waals surface area contributed by atoms with E-state index in [-0.39, 0.29) is 13.2 Å². The summed E-state index contributed by atoms with van der Waals surface area (Å²) in [5.41, 5.74) is 0.734. The standard InChI is InChI=1S/C15H19N2O3P/c1-4-19-21(18,20-5-2)15(14(10-16)11-17)13-8-6-12(3)7-9-13/h6-9,14-15H,4-5H2,1-3H3. The van der Waals surface area contributed by atoms with Crippen LogP contribution in [0.3, 0.4) is 0 Å². The first-order valence-electron chi connectivity index (χ1n) is 6.77. The Balaban J connectivity index is 3.37. The summed E-state index contributed by atoms with van der Waals surface area (Å²) in [6.07, 6.45) is 0. The minimum Gasteiger partial charge on any atom is -0.308 e. The van der Waals surface area contributed by atoms with Crippen LogP contribution in [0.15, 0.2) is 24.3 Å². The van der Waals surface area contributed by atoms with Gasteiger partial charge in [0.15, 0.2) is 5.92 Å². The van der Waals surface area contributed by atoms with Gasteiger partial charge < -0.3 is 9.05 Å². The topological polar surface area (TPSA) is 83.1 Å². The SMILES string of the molecule is CCOP(=O)(OCC)C(c1ccc(C)cc1)C(C#N)C#N. The third-order valence-corrected chi connectivity index (χ3v) is 5.49. The second-order valence-corrected chi connectivity index (χ2v) is 6.62. The highest BCUT2D eigenvalue weighted by Gasteiger charge is 2.42. The Hall–Kier alpha value is -1.65. The molecule has 21 heavy (non-hydrogen) atoms. The van der Waals surface area contributed by atoms with Crippen LogP contribution in [0, 0.1) is 35.5 Å². The zero-order chi connectivity index (χ0) is 15.9. The molecule has 1 aromatic rings. The predicted molar refractivity (Wildman–Crippen MR) is 79.5 cm³/mol. The van der Waals surface area contributed by atoms with Crippen molar-refractivity contribution in [3.05, 3.63) is 35.4 Å². The summed E-state index contributed by atoms with van der Waals surface area (Å²) in [5, 5.41) is 18.4. The molecule has 0 fully saturated rings. The summed E-state index contributed by atoms with van der Waals surface area (Å²) in [6, 6.07) is 11.0. The summed E-state index contributed by atoms with van der Waals surface area (Å²) in [5.74, 6) is -1.10. The van der Waals surface area contributed by atoms with Gasteiger partial charge in [-0.2, -0.15) is 10.5 Å². The molecule has 0 N–H and O–H groups in total. The minimum absolute atomic E-state index is 0.184. The molecule has 0 saturated heterocycles. The first-order valence-corrected chi connectivity index (χ1v) is 8.38. The van der Waals surface area contributed by atoms with Crippen molar-refractivity contribution in [2.75, 3.05) is 13.2 Å². The summed E-state index contributed by atoms with van der Waals surface area (Å²) in [7, 11) is -3.60. The predicted octanol–water partition coefficient (Wildman–Crippen LogP) is 3.97. The van der Waals surface area contributed by atoms with Gasteiger partial charge in [-0.15, -0.1) is 0 Å². The molecule has 0 spiro atoms. The van der Waals surface area contributed by atoms with E-state index in [1.807, 2.05) is 31.2 Å². The highest BCUT2D eigenvalue weighted by atomic mass is 31.2. The molecular formula is C15H19N2O3P. The summed E-state index contributed by atoms with van der Waals surface area (Å²) in [6.45, 7) is 5.69. The molecule has 0 amide bonds. The highest BCUT2D eigenvalue weighted by molar-refractivity contribution is 7.54. The molecule has 6 heteroatoms. The van der Waals surface area contributed by atoms with Crippen molar-refractivity contribution in [3.63, 3.8) is 0 Å². The molecule has 0 radical (unpaired) electrons. The lowest BCUT2D eigenvalue weighted by atomic mass is 10.0. The van der Waals surface area contributed by atoms with Gasteiger partial charge in [0.25, 0.3) is 0 Å². The van der Waals surface area contributed by atoms with Gasteiger partial charge in [0.2, 0.25) is 0 Å². The monoisotopic (exact) mass is 306 g/mol. The van der Waals surface area contributed by atoms with Gasteiger partial charge in [-0.3, -0.25) is 4.57 Å². The van der Waals surface area contributed by atoms with Crippen molar-refractivity contribution >= 4 is 7.60 Å². The Kier molecular flexibility index (Phi) is 6.59. The van der Waals surface area contributed by atoms with Crippen LogP contribution in [-0.2, 0) is 13.6 Å². The number of hydrogen-bond acceptors (Lipinski definition) is 5. The summed E-state index contributed by atoms with van der Waals surface area (Å²) in [4.78, 5) is 0. The Bertz CT molecular complexity index is 562. The molecule has 1 rings (SSSR count). The van der Waals surface area contributed by atoms with E-state index in [1.165, 1.54) is 0 Å². The first kappa shape index (κ1) is 17.4. The molecule has 0 bridgehead atoms. The smallest absolute Gasteiger partial charge is 0.308 e. The maximum atomic E-state index is 13.0. The van der Waals surface area contributed by atoms with Crippen LogP contribution < -0.4 is 0 Å². The lowest BCUT2D eigenvalue weighted by molar-refractivity contribution is 0.209. The normalized spacial score (nSPS) is 12.7. The average molecular weight is 306 g/mol. The molecule has 0 aromatic heterocycles. The van der Waals surface area contributed by atoms with E-state index in [0.717, 1.165) is 5.56 Å². The Labute approximate surface area is 125 Å². The third kappa shape index (κ3) is 4.16. The van der Waals surface area contributed by atoms with E-state index in [0.29, 0.717) is 5.56 Å². The van der Waals surface area contributed by atoms with Crippen LogP contribution in [-0.4, -0.2) is 13.2 Å². The second-order valence-electron chi connectivity index (χ2n) is 4.47. The number of aryl methyl sites for hydroxylation is 1. The fraction of sp³-hybridized carbons (Fsp3) is 0.467. The fourth-order valence-corrected chi connectivity index (χ4v) is 4.20. The van der Waals surface area contributed by atoms with E-state index in [4.69, 9.17) is 9.05 Å². The van der Waals surface area contributed by atoms with Gasteiger partial charge in [0.1, 0.15) is 5.66 Å². The lowest BCUT2D eigenvalue weighted by Gasteiger charge is -2.27. The molecule has 1 aromatic carbocycles. The van der Waals surface area contributed by atoms with Gasteiger partial charge in [-0.05, 0) is 26.3 Å². The fourth-order valence-electron chi connectivity index (χ4n) is 2.05. The average Bonchev–Trinajstić information content (AvgIpc) is 2.46. The molecule has 0 heterocycles. The van der Waals surface area contributed by atoms with Gasteiger partial charge in [0, 0.05) is 0 Å². The largest absolute Gasteiger partial charge is 0.340 e. The van der Waals surface area contributed by atoms with Crippen LogP contribution in [0.1, 0.15) is 30.6 Å². The Morgan fingerprint density at radius 1 is 1.10 bits per heavy atom.